The molecule has 12 heteroatoms. The molecule has 0 atom stereocenters. The second-order valence-electron chi connectivity index (χ2n) is 14.7. The van der Waals surface area contributed by atoms with E-state index in [-0.39, 0.29) is 44.7 Å². The summed E-state index contributed by atoms with van der Waals surface area (Å²) in [7, 11) is 3.27. The van der Waals surface area contributed by atoms with Gasteiger partial charge in [-0.05, 0) is 76.9 Å². The molecule has 0 bridgehead atoms. The van der Waals surface area contributed by atoms with E-state index in [2.05, 4.69) is 0 Å². The zero-order valence-corrected chi connectivity index (χ0v) is 31.4. The van der Waals surface area contributed by atoms with Crippen molar-refractivity contribution < 1.29 is 56.8 Å². The van der Waals surface area contributed by atoms with Crippen molar-refractivity contribution in [3.63, 3.8) is 0 Å². The van der Waals surface area contributed by atoms with Gasteiger partial charge < -0.3 is 56.8 Å². The lowest BCUT2D eigenvalue weighted by atomic mass is 9.91. The predicted octanol–water partition coefficient (Wildman–Crippen LogP) is 5.74. The Morgan fingerprint density at radius 2 is 0.902 bits per heavy atom. The molecule has 3 aliphatic rings. The quantitative estimate of drug-likeness (QED) is 0.198. The molecule has 0 aliphatic carbocycles. The average molecular weight is 717 g/mol. The maximum absolute atomic E-state index is 6.48. The van der Waals surface area contributed by atoms with E-state index in [0.717, 1.165) is 22.6 Å². The summed E-state index contributed by atoms with van der Waals surface area (Å²) in [5, 5.41) is 0. The van der Waals surface area contributed by atoms with Gasteiger partial charge in [-0.25, -0.2) is 0 Å². The van der Waals surface area contributed by atoms with Crippen LogP contribution >= 0.6 is 0 Å². The largest absolute Gasteiger partial charge is 0.497 e. The highest BCUT2D eigenvalue weighted by atomic mass is 16.7. The molecule has 3 saturated heterocycles. The van der Waals surface area contributed by atoms with Crippen molar-refractivity contribution in [2.75, 3.05) is 80.3 Å². The van der Waals surface area contributed by atoms with Gasteiger partial charge in [0.15, 0.2) is 17.4 Å². The number of methoxy groups -OCH3 is 2. The molecule has 0 spiro atoms. The van der Waals surface area contributed by atoms with Crippen molar-refractivity contribution in [2.24, 2.45) is 5.41 Å². The lowest BCUT2D eigenvalue weighted by Gasteiger charge is -2.41. The first-order chi connectivity index (χ1) is 24.2. The van der Waals surface area contributed by atoms with Gasteiger partial charge in [0.1, 0.15) is 42.2 Å². The van der Waals surface area contributed by atoms with E-state index in [1.807, 2.05) is 96.2 Å². The summed E-state index contributed by atoms with van der Waals surface area (Å²) in [5.74, 6) is 0.187. The van der Waals surface area contributed by atoms with Crippen molar-refractivity contribution in [1.29, 1.82) is 0 Å². The molecule has 3 fully saturated rings. The molecule has 5 rings (SSSR count). The van der Waals surface area contributed by atoms with E-state index in [9.17, 15) is 0 Å². The Morgan fingerprint density at radius 3 is 1.27 bits per heavy atom. The zero-order chi connectivity index (χ0) is 36.5. The van der Waals surface area contributed by atoms with E-state index >= 15 is 0 Å². The molecule has 284 valence electrons. The van der Waals surface area contributed by atoms with Crippen LogP contribution < -0.4 is 14.2 Å². The van der Waals surface area contributed by atoms with E-state index in [1.54, 1.807) is 14.2 Å². The molecule has 0 saturated carbocycles. The normalized spacial score (nSPS) is 21.5. The highest BCUT2D eigenvalue weighted by Crippen LogP contribution is 2.30. The van der Waals surface area contributed by atoms with Crippen molar-refractivity contribution in [1.82, 2.24) is 0 Å². The summed E-state index contributed by atoms with van der Waals surface area (Å²) in [6, 6.07) is 13.6. The van der Waals surface area contributed by atoms with Crippen molar-refractivity contribution >= 4 is 12.2 Å². The Bertz CT molecular complexity index is 1270. The Balaban J connectivity index is 1.30. The van der Waals surface area contributed by atoms with Crippen LogP contribution in [0, 0.1) is 5.41 Å². The maximum Gasteiger partial charge on any atom is 0.163 e. The van der Waals surface area contributed by atoms with Gasteiger partial charge in [0.05, 0.1) is 79.1 Å². The summed E-state index contributed by atoms with van der Waals surface area (Å²) < 4.78 is 71.9. The molecular weight excluding hydrogens is 660 g/mol. The smallest absolute Gasteiger partial charge is 0.163 e. The highest BCUT2D eigenvalue weighted by molar-refractivity contribution is 5.71. The van der Waals surface area contributed by atoms with Crippen LogP contribution in [0.2, 0.25) is 0 Å². The Labute approximate surface area is 302 Å². The van der Waals surface area contributed by atoms with Gasteiger partial charge in [0.25, 0.3) is 0 Å². The molecule has 2 aromatic carbocycles. The number of benzene rings is 2. The molecule has 3 aliphatic heterocycles. The summed E-state index contributed by atoms with van der Waals surface area (Å²) in [6.45, 7) is 14.8. The third kappa shape index (κ3) is 12.4. The van der Waals surface area contributed by atoms with Crippen LogP contribution in [-0.4, -0.2) is 116 Å². The maximum atomic E-state index is 6.48. The van der Waals surface area contributed by atoms with Crippen LogP contribution in [0.15, 0.2) is 42.5 Å². The first-order valence-electron chi connectivity index (χ1n) is 17.6. The van der Waals surface area contributed by atoms with Gasteiger partial charge >= 0.3 is 0 Å². The molecule has 51 heavy (non-hydrogen) atoms. The number of hydrogen-bond donors (Lipinski definition) is 0. The minimum absolute atomic E-state index is 0.242. The van der Waals surface area contributed by atoms with Gasteiger partial charge in [0.2, 0.25) is 0 Å². The van der Waals surface area contributed by atoms with Crippen LogP contribution in [0.5, 0.6) is 17.2 Å². The van der Waals surface area contributed by atoms with Crippen molar-refractivity contribution in [3.8, 4) is 17.2 Å². The number of rotatable bonds is 16. The molecule has 0 amide bonds. The van der Waals surface area contributed by atoms with E-state index < -0.39 is 22.8 Å². The van der Waals surface area contributed by atoms with Gasteiger partial charge in [0, 0.05) is 6.07 Å². The van der Waals surface area contributed by atoms with Gasteiger partial charge in [-0.2, -0.15) is 0 Å². The standard InChI is InChI=1S/C39H56O12/c1-36(2)46-18-33(19-47-36)43-25-39(26-44-34-20-48-37(3,4)49-21-34,27-45-35-22-50-38(5,6)51-23-35)24-42-30-13-11-28(12-14-30)9-10-29-15-31(40-7)17-32(16-29)41-8/h9-17,33-35H,18-27H2,1-8H3/b10-9+. The van der Waals surface area contributed by atoms with Crippen LogP contribution in [0.25, 0.3) is 12.2 Å². The van der Waals surface area contributed by atoms with Crippen LogP contribution in [0.3, 0.4) is 0 Å². The van der Waals surface area contributed by atoms with E-state index in [1.165, 1.54) is 0 Å². The lowest BCUT2D eigenvalue weighted by Crippen LogP contribution is -2.51. The zero-order valence-electron chi connectivity index (χ0n) is 31.4. The molecule has 0 unspecified atom stereocenters. The topological polar surface area (TPSA) is 111 Å². The predicted molar refractivity (Wildman–Crippen MR) is 190 cm³/mol. The summed E-state index contributed by atoms with van der Waals surface area (Å²) >= 11 is 0. The monoisotopic (exact) mass is 716 g/mol. The van der Waals surface area contributed by atoms with Crippen molar-refractivity contribution in [3.05, 3.63) is 53.6 Å². The van der Waals surface area contributed by atoms with Gasteiger partial charge in [-0.15, -0.1) is 0 Å². The minimum atomic E-state index is -0.739. The second-order valence-corrected chi connectivity index (χ2v) is 14.7. The van der Waals surface area contributed by atoms with Gasteiger partial charge in [-0.1, -0.05) is 24.3 Å². The number of hydrogen-bond acceptors (Lipinski definition) is 12. The fraction of sp³-hybridized carbons (Fsp3) is 0.641. The molecular formula is C39H56O12. The molecule has 2 aromatic rings. The van der Waals surface area contributed by atoms with Gasteiger partial charge in [-0.3, -0.25) is 0 Å². The van der Waals surface area contributed by atoms with E-state index in [4.69, 9.17) is 56.8 Å². The highest BCUT2D eigenvalue weighted by Gasteiger charge is 2.40. The van der Waals surface area contributed by atoms with Crippen LogP contribution in [0.4, 0.5) is 0 Å². The van der Waals surface area contributed by atoms with Crippen LogP contribution in [0.1, 0.15) is 52.7 Å². The molecule has 12 nitrogen and oxygen atoms in total. The molecule has 0 N–H and O–H groups in total. The SMILES string of the molecule is COc1cc(/C=C/c2ccc(OCC(COC3COC(C)(C)OC3)(COC3COC(C)(C)OC3)COC3COC(C)(C)OC3)cc2)cc(OC)c1. The average Bonchev–Trinajstić information content (AvgIpc) is 3.11. The van der Waals surface area contributed by atoms with Crippen molar-refractivity contribution in [2.45, 2.75) is 77.2 Å². The summed E-state index contributed by atoms with van der Waals surface area (Å²) in [4.78, 5) is 0. The Kier molecular flexibility index (Phi) is 13.4. The second kappa shape index (κ2) is 17.4. The number of ether oxygens (including phenoxy) is 12. The fourth-order valence-corrected chi connectivity index (χ4v) is 5.48. The Hall–Kier alpha value is -2.78. The summed E-state index contributed by atoms with van der Waals surface area (Å²) in [5.41, 5.74) is 1.23. The molecule has 3 heterocycles. The molecule has 0 radical (unpaired) electrons. The first-order valence-corrected chi connectivity index (χ1v) is 17.6. The summed E-state index contributed by atoms with van der Waals surface area (Å²) in [6.07, 6.45) is 3.24. The fourth-order valence-electron chi connectivity index (χ4n) is 5.48. The lowest BCUT2D eigenvalue weighted by molar-refractivity contribution is -0.296. The first kappa shape index (κ1) is 39.4. The third-order valence-electron chi connectivity index (χ3n) is 8.84. The van der Waals surface area contributed by atoms with E-state index in [0.29, 0.717) is 45.4 Å². The third-order valence-corrected chi connectivity index (χ3v) is 8.84. The minimum Gasteiger partial charge on any atom is -0.497 e. The van der Waals surface area contributed by atoms with Crippen LogP contribution in [-0.2, 0) is 42.6 Å². The molecule has 0 aromatic heterocycles. The Morgan fingerprint density at radius 1 is 0.529 bits per heavy atom.